The molecular weight excluding hydrogens is 351 g/mol. The lowest BCUT2D eigenvalue weighted by molar-refractivity contribution is 0.471. The van der Waals surface area contributed by atoms with E-state index in [1.54, 1.807) is 24.3 Å². The second kappa shape index (κ2) is 6.04. The Hall–Kier alpha value is -0.900. The van der Waals surface area contributed by atoms with Crippen LogP contribution in [-0.2, 0) is 0 Å². The molecule has 0 aromatic heterocycles. The average Bonchev–Trinajstić information content (AvgIpc) is 2.37. The summed E-state index contributed by atoms with van der Waals surface area (Å²) < 4.78 is 0.606. The zero-order valence-electron chi connectivity index (χ0n) is 9.78. The van der Waals surface area contributed by atoms with E-state index >= 15 is 0 Å². The van der Waals surface area contributed by atoms with Gasteiger partial charge in [-0.3, -0.25) is 0 Å². The third kappa shape index (κ3) is 3.16. The monoisotopic (exact) mass is 360 g/mol. The van der Waals surface area contributed by atoms with E-state index < -0.39 is 0 Å². The molecule has 5 heteroatoms. The third-order valence-corrected chi connectivity index (χ3v) is 4.16. The van der Waals surface area contributed by atoms with Crippen LogP contribution in [0.1, 0.15) is 17.0 Å². The van der Waals surface area contributed by atoms with Crippen LogP contribution in [0.3, 0.4) is 0 Å². The first-order valence-electron chi connectivity index (χ1n) is 5.55. The first-order valence-corrected chi connectivity index (χ1v) is 7.26. The van der Waals surface area contributed by atoms with Gasteiger partial charge in [-0.1, -0.05) is 23.7 Å². The molecule has 2 nitrogen and oxygen atoms in total. The molecule has 0 saturated carbocycles. The molecule has 2 aromatic carbocycles. The highest BCUT2D eigenvalue weighted by molar-refractivity contribution is 9.10. The van der Waals surface area contributed by atoms with Gasteiger partial charge in [0.05, 0.1) is 4.47 Å². The van der Waals surface area contributed by atoms with Crippen molar-refractivity contribution in [2.45, 2.75) is 5.92 Å². The second-order valence-electron chi connectivity index (χ2n) is 4.12. The third-order valence-electron chi connectivity index (χ3n) is 2.89. The van der Waals surface area contributed by atoms with Crippen molar-refractivity contribution in [1.82, 2.24) is 0 Å². The summed E-state index contributed by atoms with van der Waals surface area (Å²) in [6, 6.07) is 10.0. The predicted octanol–water partition coefficient (Wildman–Crippen LogP) is 4.88. The van der Waals surface area contributed by atoms with E-state index in [9.17, 15) is 10.2 Å². The molecule has 2 aromatic rings. The standard InChI is InChI=1S/C14H11BrCl2O2/c15-12-5-8(1-4-14(12)19)11(7-16)10-3-2-9(18)6-13(10)17/h1-6,11,18-19H,7H2. The van der Waals surface area contributed by atoms with Crippen LogP contribution in [-0.4, -0.2) is 16.1 Å². The summed E-state index contributed by atoms with van der Waals surface area (Å²) in [6.07, 6.45) is 0. The Labute approximate surface area is 129 Å². The van der Waals surface area contributed by atoms with Crippen LogP contribution < -0.4 is 0 Å². The van der Waals surface area contributed by atoms with Gasteiger partial charge in [0.1, 0.15) is 11.5 Å². The predicted molar refractivity (Wildman–Crippen MR) is 81.5 cm³/mol. The van der Waals surface area contributed by atoms with Crippen LogP contribution in [0, 0.1) is 0 Å². The minimum absolute atomic E-state index is 0.105. The second-order valence-corrected chi connectivity index (χ2v) is 5.69. The summed E-state index contributed by atoms with van der Waals surface area (Å²) in [7, 11) is 0. The van der Waals surface area contributed by atoms with Crippen molar-refractivity contribution in [2.75, 3.05) is 5.88 Å². The first kappa shape index (κ1) is 14.5. The van der Waals surface area contributed by atoms with Gasteiger partial charge in [0.25, 0.3) is 0 Å². The highest BCUT2D eigenvalue weighted by Crippen LogP contribution is 2.36. The Morgan fingerprint density at radius 3 is 2.42 bits per heavy atom. The van der Waals surface area contributed by atoms with Crippen molar-refractivity contribution in [2.24, 2.45) is 0 Å². The smallest absolute Gasteiger partial charge is 0.129 e. The van der Waals surface area contributed by atoms with Crippen LogP contribution in [0.25, 0.3) is 0 Å². The summed E-state index contributed by atoms with van der Waals surface area (Å²) >= 11 is 15.5. The Balaban J connectivity index is 2.46. The fourth-order valence-corrected chi connectivity index (χ4v) is 2.94. The molecule has 0 aliphatic rings. The van der Waals surface area contributed by atoms with Crippen molar-refractivity contribution in [3.8, 4) is 11.5 Å². The van der Waals surface area contributed by atoms with E-state index in [4.69, 9.17) is 23.2 Å². The van der Waals surface area contributed by atoms with Crippen molar-refractivity contribution in [1.29, 1.82) is 0 Å². The normalized spacial score (nSPS) is 12.4. The maximum atomic E-state index is 9.52. The maximum absolute atomic E-state index is 9.52. The molecule has 1 unspecified atom stereocenters. The molecule has 0 bridgehead atoms. The Morgan fingerprint density at radius 1 is 1.11 bits per heavy atom. The number of phenolic OH excluding ortho intramolecular Hbond substituents is 2. The molecule has 0 aliphatic carbocycles. The number of hydrogen-bond acceptors (Lipinski definition) is 2. The number of halogens is 3. The molecule has 2 rings (SSSR count). The lowest BCUT2D eigenvalue weighted by Gasteiger charge is -2.17. The lowest BCUT2D eigenvalue weighted by Crippen LogP contribution is -2.03. The number of alkyl halides is 1. The van der Waals surface area contributed by atoms with Gasteiger partial charge in [0.2, 0.25) is 0 Å². The Bertz CT molecular complexity index is 602. The van der Waals surface area contributed by atoms with Crippen LogP contribution in [0.15, 0.2) is 40.9 Å². The van der Waals surface area contributed by atoms with Gasteiger partial charge in [0, 0.05) is 16.8 Å². The molecule has 0 fully saturated rings. The lowest BCUT2D eigenvalue weighted by atomic mass is 9.93. The maximum Gasteiger partial charge on any atom is 0.129 e. The highest BCUT2D eigenvalue weighted by Gasteiger charge is 2.17. The average molecular weight is 362 g/mol. The van der Waals surface area contributed by atoms with Crippen LogP contribution in [0.4, 0.5) is 0 Å². The SMILES string of the molecule is Oc1ccc(C(CCl)c2ccc(O)c(Br)c2)c(Cl)c1. The molecule has 0 spiro atoms. The fraction of sp³-hybridized carbons (Fsp3) is 0.143. The molecule has 19 heavy (non-hydrogen) atoms. The zero-order valence-corrected chi connectivity index (χ0v) is 12.9. The van der Waals surface area contributed by atoms with Crippen molar-refractivity contribution < 1.29 is 10.2 Å². The van der Waals surface area contributed by atoms with Gasteiger partial charge < -0.3 is 10.2 Å². The van der Waals surface area contributed by atoms with E-state index in [1.807, 2.05) is 6.07 Å². The molecule has 0 radical (unpaired) electrons. The minimum Gasteiger partial charge on any atom is -0.508 e. The number of hydrogen-bond donors (Lipinski definition) is 2. The number of benzene rings is 2. The van der Waals surface area contributed by atoms with Gasteiger partial charge in [0.15, 0.2) is 0 Å². The molecule has 0 saturated heterocycles. The van der Waals surface area contributed by atoms with Crippen molar-refractivity contribution in [3.05, 3.63) is 57.0 Å². The molecular formula is C14H11BrCl2O2. The summed E-state index contributed by atoms with van der Waals surface area (Å²) in [5, 5.41) is 19.4. The zero-order chi connectivity index (χ0) is 14.0. The first-order chi connectivity index (χ1) is 9.02. The van der Waals surface area contributed by atoms with Gasteiger partial charge >= 0.3 is 0 Å². The van der Waals surface area contributed by atoms with Gasteiger partial charge in [-0.25, -0.2) is 0 Å². The van der Waals surface area contributed by atoms with Gasteiger partial charge in [-0.15, -0.1) is 11.6 Å². The Morgan fingerprint density at radius 2 is 1.84 bits per heavy atom. The summed E-state index contributed by atoms with van der Waals surface area (Å²) in [5.41, 5.74) is 1.78. The Kier molecular flexibility index (Phi) is 4.61. The molecule has 2 N–H and O–H groups in total. The molecule has 100 valence electrons. The van der Waals surface area contributed by atoms with Crippen LogP contribution in [0.5, 0.6) is 11.5 Å². The van der Waals surface area contributed by atoms with Crippen molar-refractivity contribution in [3.63, 3.8) is 0 Å². The minimum atomic E-state index is -0.105. The number of aromatic hydroxyl groups is 2. The quantitative estimate of drug-likeness (QED) is 0.764. The van der Waals surface area contributed by atoms with Crippen LogP contribution in [0.2, 0.25) is 5.02 Å². The summed E-state index contributed by atoms with van der Waals surface area (Å²) in [6.45, 7) is 0. The van der Waals surface area contributed by atoms with E-state index in [0.717, 1.165) is 11.1 Å². The van der Waals surface area contributed by atoms with Gasteiger partial charge in [-0.2, -0.15) is 0 Å². The van der Waals surface area contributed by atoms with Crippen LogP contribution >= 0.6 is 39.1 Å². The fourth-order valence-electron chi connectivity index (χ4n) is 1.89. The van der Waals surface area contributed by atoms with Crippen molar-refractivity contribution >= 4 is 39.1 Å². The molecule has 1 atom stereocenters. The summed E-state index contributed by atoms with van der Waals surface area (Å²) in [5.74, 6) is 0.538. The topological polar surface area (TPSA) is 40.5 Å². The largest absolute Gasteiger partial charge is 0.508 e. The molecule has 0 heterocycles. The number of phenols is 2. The van der Waals surface area contributed by atoms with E-state index in [1.165, 1.54) is 6.07 Å². The number of rotatable bonds is 3. The van der Waals surface area contributed by atoms with E-state index in [-0.39, 0.29) is 17.4 Å². The van der Waals surface area contributed by atoms with Gasteiger partial charge in [-0.05, 0) is 51.3 Å². The summed E-state index contributed by atoms with van der Waals surface area (Å²) in [4.78, 5) is 0. The van der Waals surface area contributed by atoms with E-state index in [0.29, 0.717) is 15.4 Å². The highest BCUT2D eigenvalue weighted by atomic mass is 79.9. The molecule has 0 aliphatic heterocycles. The van der Waals surface area contributed by atoms with E-state index in [2.05, 4.69) is 15.9 Å². The molecule has 0 amide bonds.